The smallest absolute Gasteiger partial charge is 0.328 e. The molecule has 0 aliphatic heterocycles. The first-order valence-electron chi connectivity index (χ1n) is 7.56. The van der Waals surface area contributed by atoms with Gasteiger partial charge in [0.15, 0.2) is 0 Å². The second-order valence-corrected chi connectivity index (χ2v) is 7.95. The molecule has 1 N–H and O–H groups in total. The second-order valence-electron chi connectivity index (χ2n) is 5.03. The fourth-order valence-electron chi connectivity index (χ4n) is 2.21. The Morgan fingerprint density at radius 2 is 1.83 bits per heavy atom. The first-order valence-corrected chi connectivity index (χ1v) is 9.88. The number of benzene rings is 2. The van der Waals surface area contributed by atoms with Gasteiger partial charge in [0, 0.05) is 0 Å². The molecular formula is C18H21NO2S2. The van der Waals surface area contributed by atoms with Crippen molar-refractivity contribution in [3.63, 3.8) is 0 Å². The molecule has 5 heteroatoms. The summed E-state index contributed by atoms with van der Waals surface area (Å²) in [6.07, 6.45) is 0.589. The molecule has 0 aliphatic carbocycles. The van der Waals surface area contributed by atoms with Crippen molar-refractivity contribution in [1.82, 2.24) is 5.32 Å². The molecule has 2 rings (SSSR count). The Hall–Kier alpha value is -1.56. The van der Waals surface area contributed by atoms with E-state index in [1.165, 1.54) is 0 Å². The molecule has 0 aliphatic rings. The van der Waals surface area contributed by atoms with Crippen molar-refractivity contribution >= 4 is 26.6 Å². The van der Waals surface area contributed by atoms with Crippen LogP contribution in [0.3, 0.4) is 0 Å². The highest BCUT2D eigenvalue weighted by Crippen LogP contribution is 2.23. The Morgan fingerprint density at radius 3 is 2.48 bits per heavy atom. The van der Waals surface area contributed by atoms with E-state index in [9.17, 15) is 4.79 Å². The largest absolute Gasteiger partial charge is 0.424 e. The minimum Gasteiger partial charge on any atom is -0.424 e. The zero-order valence-corrected chi connectivity index (χ0v) is 15.0. The summed E-state index contributed by atoms with van der Waals surface area (Å²) in [7, 11) is 1.43. The number of para-hydroxylation sites is 1. The van der Waals surface area contributed by atoms with Gasteiger partial charge < -0.3 is 10.1 Å². The molecule has 0 saturated heterocycles. The molecule has 0 fully saturated rings. The molecule has 0 radical (unpaired) electrons. The zero-order valence-electron chi connectivity index (χ0n) is 13.3. The Kier molecular flexibility index (Phi) is 6.89. The molecule has 3 nitrogen and oxygen atoms in total. The molecule has 0 bridgehead atoms. The van der Waals surface area contributed by atoms with Crippen LogP contribution < -0.4 is 10.1 Å². The number of hydrogen-bond acceptors (Lipinski definition) is 4. The Balaban J connectivity index is 2.12. The van der Waals surface area contributed by atoms with Gasteiger partial charge >= 0.3 is 5.97 Å². The normalized spacial score (nSPS) is 13.3. The number of ether oxygens (including phenoxy) is 1. The van der Waals surface area contributed by atoms with Crippen LogP contribution in [0, 0.1) is 0 Å². The molecule has 0 aromatic heterocycles. The molecule has 2 atom stereocenters. The summed E-state index contributed by atoms with van der Waals surface area (Å²) in [4.78, 5) is 13.4. The van der Waals surface area contributed by atoms with Crippen LogP contribution in [-0.2, 0) is 31.9 Å². The summed E-state index contributed by atoms with van der Waals surface area (Å²) in [5.41, 5.74) is 1.09. The minimum atomic E-state index is -0.390. The number of likely N-dealkylation sites (N-methyl/N-ethyl adjacent to an activating group) is 1. The lowest BCUT2D eigenvalue weighted by Crippen LogP contribution is -2.39. The standard InChI is InChI=1S/C18H21NO2S2/c1-3-23(22)17-12-8-7-11-16(17)21-18(20)15(19-2)13-14-9-5-4-6-10-14/h4-12,15,19H,3,13H2,1-2H3/t15-,23?/m0/s1. The van der Waals surface area contributed by atoms with E-state index in [-0.39, 0.29) is 21.5 Å². The first kappa shape index (κ1) is 17.8. The molecule has 0 spiro atoms. The van der Waals surface area contributed by atoms with Crippen LogP contribution in [0.2, 0.25) is 0 Å². The molecule has 2 aromatic rings. The molecule has 0 heterocycles. The van der Waals surface area contributed by atoms with Crippen LogP contribution in [0.15, 0.2) is 59.5 Å². The maximum absolute atomic E-state index is 12.5. The van der Waals surface area contributed by atoms with Crippen molar-refractivity contribution in [2.75, 3.05) is 12.8 Å². The van der Waals surface area contributed by atoms with Crippen molar-refractivity contribution < 1.29 is 9.53 Å². The molecule has 0 amide bonds. The number of carbonyl (C=O) groups excluding carboxylic acids is 1. The highest BCUT2D eigenvalue weighted by molar-refractivity contribution is 8.28. The van der Waals surface area contributed by atoms with E-state index in [0.717, 1.165) is 16.2 Å². The third-order valence-electron chi connectivity index (χ3n) is 3.48. The van der Waals surface area contributed by atoms with E-state index in [0.29, 0.717) is 12.2 Å². The summed E-state index contributed by atoms with van der Waals surface area (Å²) in [6, 6.07) is 17.0. The maximum Gasteiger partial charge on any atom is 0.328 e. The van der Waals surface area contributed by atoms with Gasteiger partial charge in [0.2, 0.25) is 0 Å². The molecular weight excluding hydrogens is 326 g/mol. The van der Waals surface area contributed by atoms with Crippen molar-refractivity contribution in [2.24, 2.45) is 0 Å². The number of nitrogens with one attached hydrogen (secondary N) is 1. The quantitative estimate of drug-likeness (QED) is 0.617. The average Bonchev–Trinajstić information content (AvgIpc) is 2.60. The Labute approximate surface area is 144 Å². The van der Waals surface area contributed by atoms with Gasteiger partial charge in [-0.3, -0.25) is 0 Å². The van der Waals surface area contributed by atoms with E-state index in [1.807, 2.05) is 61.5 Å². The van der Waals surface area contributed by atoms with Gasteiger partial charge in [-0.05, 0) is 48.1 Å². The van der Waals surface area contributed by atoms with Crippen LogP contribution in [-0.4, -0.2) is 24.8 Å². The predicted molar refractivity (Wildman–Crippen MR) is 98.6 cm³/mol. The van der Waals surface area contributed by atoms with Gasteiger partial charge in [-0.25, -0.2) is 4.79 Å². The topological polar surface area (TPSA) is 38.3 Å². The molecule has 23 heavy (non-hydrogen) atoms. The maximum atomic E-state index is 12.5. The van der Waals surface area contributed by atoms with Crippen molar-refractivity contribution in [3.8, 4) is 5.75 Å². The van der Waals surface area contributed by atoms with Crippen LogP contribution in [0.4, 0.5) is 0 Å². The zero-order chi connectivity index (χ0) is 16.7. The van der Waals surface area contributed by atoms with Gasteiger partial charge in [-0.1, -0.05) is 58.8 Å². The lowest BCUT2D eigenvalue weighted by atomic mass is 10.1. The van der Waals surface area contributed by atoms with Crippen molar-refractivity contribution in [2.45, 2.75) is 24.3 Å². The van der Waals surface area contributed by atoms with E-state index in [1.54, 1.807) is 7.05 Å². The Bertz CT molecular complexity index is 674. The number of rotatable bonds is 7. The van der Waals surface area contributed by atoms with E-state index < -0.39 is 0 Å². The number of esters is 1. The highest BCUT2D eigenvalue weighted by atomic mass is 32.8. The lowest BCUT2D eigenvalue weighted by Gasteiger charge is -2.17. The van der Waals surface area contributed by atoms with Crippen LogP contribution in [0.25, 0.3) is 0 Å². The Morgan fingerprint density at radius 1 is 1.17 bits per heavy atom. The van der Waals surface area contributed by atoms with Crippen LogP contribution >= 0.6 is 0 Å². The minimum absolute atomic E-state index is 0.285. The molecule has 2 aromatic carbocycles. The van der Waals surface area contributed by atoms with Gasteiger partial charge in [0.1, 0.15) is 11.8 Å². The fourth-order valence-corrected chi connectivity index (χ4v) is 3.50. The fraction of sp³-hybridized carbons (Fsp3) is 0.278. The SMILES string of the molecule is CCS(=S)c1ccccc1OC(=O)[C@H](Cc1ccccc1)NC. The number of carbonyl (C=O) groups is 1. The van der Waals surface area contributed by atoms with E-state index in [2.05, 4.69) is 5.32 Å². The summed E-state index contributed by atoms with van der Waals surface area (Å²) in [6.45, 7) is 2.04. The first-order chi connectivity index (χ1) is 11.2. The van der Waals surface area contributed by atoms with Gasteiger partial charge in [0.05, 0.1) is 4.90 Å². The van der Waals surface area contributed by atoms with Crippen LogP contribution in [0.5, 0.6) is 5.75 Å². The highest BCUT2D eigenvalue weighted by Gasteiger charge is 2.20. The molecule has 0 saturated carbocycles. The summed E-state index contributed by atoms with van der Waals surface area (Å²) in [5, 5.41) is 3.03. The average molecular weight is 348 g/mol. The lowest BCUT2D eigenvalue weighted by molar-refractivity contribution is -0.136. The van der Waals surface area contributed by atoms with Gasteiger partial charge in [-0.2, -0.15) is 0 Å². The molecule has 122 valence electrons. The summed E-state index contributed by atoms with van der Waals surface area (Å²) >= 11 is 5.47. The van der Waals surface area contributed by atoms with E-state index >= 15 is 0 Å². The van der Waals surface area contributed by atoms with Gasteiger partial charge in [0.25, 0.3) is 0 Å². The van der Waals surface area contributed by atoms with Crippen molar-refractivity contribution in [1.29, 1.82) is 0 Å². The monoisotopic (exact) mass is 347 g/mol. The third-order valence-corrected chi connectivity index (χ3v) is 6.08. The van der Waals surface area contributed by atoms with E-state index in [4.69, 9.17) is 15.9 Å². The summed E-state index contributed by atoms with van der Waals surface area (Å²) < 4.78 is 5.63. The summed E-state index contributed by atoms with van der Waals surface area (Å²) in [5.74, 6) is 1.14. The van der Waals surface area contributed by atoms with Crippen molar-refractivity contribution in [3.05, 3.63) is 60.2 Å². The van der Waals surface area contributed by atoms with Gasteiger partial charge in [-0.15, -0.1) is 0 Å². The number of hydrogen-bond donors (Lipinski definition) is 1. The third kappa shape index (κ3) is 4.96. The molecule has 1 unspecified atom stereocenters. The predicted octanol–water partition coefficient (Wildman–Crippen LogP) is 2.88. The van der Waals surface area contributed by atoms with Crippen LogP contribution in [0.1, 0.15) is 12.5 Å². The second kappa shape index (κ2) is 8.91.